The van der Waals surface area contributed by atoms with E-state index in [4.69, 9.17) is 21.1 Å². The number of nitrogens with zero attached hydrogens (tertiary/aromatic N) is 2. The molecule has 0 aliphatic heterocycles. The molecule has 0 fully saturated rings. The summed E-state index contributed by atoms with van der Waals surface area (Å²) >= 11 is 6.28. The molecule has 0 bridgehead atoms. The Hall–Kier alpha value is -2.01. The van der Waals surface area contributed by atoms with Gasteiger partial charge >= 0.3 is 0 Å². The molecule has 0 N–H and O–H groups in total. The third-order valence-corrected chi connectivity index (χ3v) is 3.63. The molecule has 1 aromatic heterocycles. The monoisotopic (exact) mass is 308 g/mol. The van der Waals surface area contributed by atoms with Gasteiger partial charge in [-0.1, -0.05) is 18.5 Å². The second kappa shape index (κ2) is 6.63. The predicted molar refractivity (Wildman–Crippen MR) is 80.3 cm³/mol. The van der Waals surface area contributed by atoms with E-state index in [0.717, 1.165) is 24.1 Å². The van der Waals surface area contributed by atoms with Crippen molar-refractivity contribution in [1.82, 2.24) is 9.78 Å². The number of methoxy groups -OCH3 is 1. The first-order valence-corrected chi connectivity index (χ1v) is 6.94. The maximum absolute atomic E-state index is 10.9. The molecule has 0 radical (unpaired) electrons. The van der Waals surface area contributed by atoms with E-state index in [-0.39, 0.29) is 6.61 Å². The molecular formula is C15H17ClN2O3. The zero-order valence-electron chi connectivity index (χ0n) is 12.2. The highest BCUT2D eigenvalue weighted by Crippen LogP contribution is 2.29. The Morgan fingerprint density at radius 1 is 1.38 bits per heavy atom. The first kappa shape index (κ1) is 15.4. The van der Waals surface area contributed by atoms with Gasteiger partial charge in [0.1, 0.15) is 12.9 Å². The molecule has 0 saturated carbocycles. The van der Waals surface area contributed by atoms with Crippen LogP contribution in [0.1, 0.15) is 28.7 Å². The highest BCUT2D eigenvalue weighted by Gasteiger charge is 2.14. The van der Waals surface area contributed by atoms with Crippen LogP contribution in [0, 0.1) is 0 Å². The number of carbonyl (C=O) groups excluding carboxylic acids is 1. The van der Waals surface area contributed by atoms with Crippen LogP contribution in [-0.4, -0.2) is 23.2 Å². The fraction of sp³-hybridized carbons (Fsp3) is 0.333. The summed E-state index contributed by atoms with van der Waals surface area (Å²) in [7, 11) is 3.37. The van der Waals surface area contributed by atoms with E-state index in [9.17, 15) is 4.79 Å². The fourth-order valence-electron chi connectivity index (χ4n) is 2.00. The number of benzene rings is 1. The average Bonchev–Trinajstić information content (AvgIpc) is 2.79. The molecule has 1 aromatic carbocycles. The number of hydrogen-bond acceptors (Lipinski definition) is 4. The Morgan fingerprint density at radius 2 is 2.14 bits per heavy atom. The predicted octanol–water partition coefficient (Wildman–Crippen LogP) is 3.04. The molecule has 0 amide bonds. The molecule has 1 heterocycles. The smallest absolute Gasteiger partial charge is 0.162 e. The van der Waals surface area contributed by atoms with E-state index >= 15 is 0 Å². The quantitative estimate of drug-likeness (QED) is 0.770. The van der Waals surface area contributed by atoms with Crippen molar-refractivity contribution in [3.63, 3.8) is 0 Å². The largest absolute Gasteiger partial charge is 0.493 e. The fourth-order valence-corrected chi connectivity index (χ4v) is 2.35. The van der Waals surface area contributed by atoms with Crippen LogP contribution in [0.15, 0.2) is 18.2 Å². The van der Waals surface area contributed by atoms with Gasteiger partial charge in [-0.15, -0.1) is 0 Å². The lowest BCUT2D eigenvalue weighted by atomic mass is 10.2. The van der Waals surface area contributed by atoms with Crippen molar-refractivity contribution >= 4 is 17.9 Å². The minimum Gasteiger partial charge on any atom is -0.493 e. The van der Waals surface area contributed by atoms with Gasteiger partial charge < -0.3 is 9.47 Å². The lowest BCUT2D eigenvalue weighted by Crippen LogP contribution is -2.04. The molecule has 5 nitrogen and oxygen atoms in total. The van der Waals surface area contributed by atoms with Crippen LogP contribution in [0.3, 0.4) is 0 Å². The van der Waals surface area contributed by atoms with Crippen molar-refractivity contribution in [2.45, 2.75) is 20.0 Å². The van der Waals surface area contributed by atoms with E-state index in [0.29, 0.717) is 22.1 Å². The molecule has 6 heteroatoms. The standard InChI is InChI=1S/C15H17ClN2O3/c1-4-11-15(16)12(18(2)17-11)9-21-14-7-10(8-19)5-6-13(14)20-3/h5-8H,4,9H2,1-3H3. The van der Waals surface area contributed by atoms with Crippen molar-refractivity contribution in [2.75, 3.05) is 7.11 Å². The van der Waals surface area contributed by atoms with Gasteiger partial charge in [-0.2, -0.15) is 5.10 Å². The highest BCUT2D eigenvalue weighted by atomic mass is 35.5. The third-order valence-electron chi connectivity index (χ3n) is 3.19. The summed E-state index contributed by atoms with van der Waals surface area (Å²) in [5.41, 5.74) is 2.15. The minimum absolute atomic E-state index is 0.251. The van der Waals surface area contributed by atoms with Crippen molar-refractivity contribution in [2.24, 2.45) is 7.05 Å². The van der Waals surface area contributed by atoms with Crippen molar-refractivity contribution < 1.29 is 14.3 Å². The molecule has 0 unspecified atom stereocenters. The highest BCUT2D eigenvalue weighted by molar-refractivity contribution is 6.31. The molecule has 0 spiro atoms. The number of aldehydes is 1. The van der Waals surface area contributed by atoms with Crippen LogP contribution in [0.5, 0.6) is 11.5 Å². The maximum Gasteiger partial charge on any atom is 0.162 e. The molecule has 0 aliphatic carbocycles. The van der Waals surface area contributed by atoms with Crippen LogP contribution in [0.2, 0.25) is 5.02 Å². The number of carbonyl (C=O) groups is 1. The number of hydrogen-bond donors (Lipinski definition) is 0. The molecule has 0 aliphatic rings. The van der Waals surface area contributed by atoms with Gasteiger partial charge in [-0.3, -0.25) is 9.48 Å². The van der Waals surface area contributed by atoms with Gasteiger partial charge in [0.25, 0.3) is 0 Å². The van der Waals surface area contributed by atoms with Gasteiger partial charge in [-0.05, 0) is 24.6 Å². The van der Waals surface area contributed by atoms with Crippen LogP contribution < -0.4 is 9.47 Å². The van der Waals surface area contributed by atoms with Crippen LogP contribution in [0.4, 0.5) is 0 Å². The molecule has 21 heavy (non-hydrogen) atoms. The van der Waals surface area contributed by atoms with Crippen LogP contribution in [-0.2, 0) is 20.1 Å². The van der Waals surface area contributed by atoms with Gasteiger partial charge in [0.15, 0.2) is 11.5 Å². The van der Waals surface area contributed by atoms with Gasteiger partial charge in [0, 0.05) is 12.6 Å². The van der Waals surface area contributed by atoms with E-state index < -0.39 is 0 Å². The van der Waals surface area contributed by atoms with E-state index in [1.807, 2.05) is 14.0 Å². The number of aromatic nitrogens is 2. The molecule has 112 valence electrons. The Bertz CT molecular complexity index is 653. The average molecular weight is 309 g/mol. The summed E-state index contributed by atoms with van der Waals surface area (Å²) in [6.45, 7) is 2.25. The van der Waals surface area contributed by atoms with Crippen molar-refractivity contribution in [3.05, 3.63) is 40.2 Å². The molecule has 0 atom stereocenters. The molecular weight excluding hydrogens is 292 g/mol. The molecule has 2 aromatic rings. The second-order valence-electron chi connectivity index (χ2n) is 4.50. The summed E-state index contributed by atoms with van der Waals surface area (Å²) in [5, 5.41) is 4.95. The summed E-state index contributed by atoms with van der Waals surface area (Å²) in [5.74, 6) is 1.06. The van der Waals surface area contributed by atoms with Crippen LogP contribution in [0.25, 0.3) is 0 Å². The normalized spacial score (nSPS) is 10.5. The van der Waals surface area contributed by atoms with E-state index in [1.165, 1.54) is 0 Å². The maximum atomic E-state index is 10.9. The zero-order valence-corrected chi connectivity index (χ0v) is 13.0. The zero-order chi connectivity index (χ0) is 15.4. The van der Waals surface area contributed by atoms with E-state index in [1.54, 1.807) is 30.0 Å². The van der Waals surface area contributed by atoms with Crippen LogP contribution >= 0.6 is 11.6 Å². The summed E-state index contributed by atoms with van der Waals surface area (Å²) in [6.07, 6.45) is 1.52. The first-order chi connectivity index (χ1) is 10.1. The third kappa shape index (κ3) is 3.19. The summed E-state index contributed by atoms with van der Waals surface area (Å²) < 4.78 is 12.7. The number of halogens is 1. The minimum atomic E-state index is 0.251. The second-order valence-corrected chi connectivity index (χ2v) is 4.88. The van der Waals surface area contributed by atoms with Crippen molar-refractivity contribution in [3.8, 4) is 11.5 Å². The Morgan fingerprint density at radius 3 is 2.71 bits per heavy atom. The lowest BCUT2D eigenvalue weighted by molar-refractivity contribution is 0.112. The molecule has 0 saturated heterocycles. The Balaban J connectivity index is 2.23. The SMILES string of the molecule is CCc1nn(C)c(COc2cc(C=O)ccc2OC)c1Cl. The van der Waals surface area contributed by atoms with Crippen molar-refractivity contribution in [1.29, 1.82) is 0 Å². The number of rotatable bonds is 6. The number of ether oxygens (including phenoxy) is 2. The Labute approximate surface area is 128 Å². The topological polar surface area (TPSA) is 53.4 Å². The first-order valence-electron chi connectivity index (χ1n) is 6.57. The van der Waals surface area contributed by atoms with Gasteiger partial charge in [0.2, 0.25) is 0 Å². The Kier molecular flexibility index (Phi) is 4.85. The lowest BCUT2D eigenvalue weighted by Gasteiger charge is -2.11. The molecule has 2 rings (SSSR count). The van der Waals surface area contributed by atoms with Gasteiger partial charge in [-0.25, -0.2) is 0 Å². The van der Waals surface area contributed by atoms with E-state index in [2.05, 4.69) is 5.10 Å². The van der Waals surface area contributed by atoms with Gasteiger partial charge in [0.05, 0.1) is 23.5 Å². The summed E-state index contributed by atoms with van der Waals surface area (Å²) in [4.78, 5) is 10.9. The summed E-state index contributed by atoms with van der Waals surface area (Å²) in [6, 6.07) is 5.00. The number of aryl methyl sites for hydroxylation is 2.